The fraction of sp³-hybridized carbons (Fsp3) is 0.263. The summed E-state index contributed by atoms with van der Waals surface area (Å²) in [5.74, 6) is -1.45. The molecule has 1 atom stereocenters. The minimum Gasteiger partial charge on any atom is -0.352 e. The molecule has 1 fully saturated rings. The molecule has 4 nitrogen and oxygen atoms in total. The minimum absolute atomic E-state index is 0.00918. The van der Waals surface area contributed by atoms with Gasteiger partial charge in [-0.2, -0.15) is 13.2 Å². The molecule has 9 heteroatoms. The topological polar surface area (TPSA) is 49.4 Å². The van der Waals surface area contributed by atoms with Gasteiger partial charge in [0.1, 0.15) is 0 Å². The van der Waals surface area contributed by atoms with Gasteiger partial charge in [0, 0.05) is 35.2 Å². The molecule has 1 aliphatic heterocycles. The molecule has 0 aromatic heterocycles. The maximum atomic E-state index is 12.9. The minimum atomic E-state index is -4.51. The van der Waals surface area contributed by atoms with Crippen molar-refractivity contribution in [2.45, 2.75) is 19.1 Å². The van der Waals surface area contributed by atoms with E-state index in [1.165, 1.54) is 17.0 Å². The first-order chi connectivity index (χ1) is 13.1. The molecule has 2 amide bonds. The maximum Gasteiger partial charge on any atom is 0.416 e. The van der Waals surface area contributed by atoms with Crippen molar-refractivity contribution in [1.29, 1.82) is 0 Å². The summed E-state index contributed by atoms with van der Waals surface area (Å²) in [7, 11) is 0. The molecule has 148 valence electrons. The van der Waals surface area contributed by atoms with E-state index in [4.69, 9.17) is 23.2 Å². The van der Waals surface area contributed by atoms with Crippen LogP contribution in [0.4, 0.5) is 18.9 Å². The van der Waals surface area contributed by atoms with Crippen LogP contribution in [-0.2, 0) is 22.3 Å². The molecule has 28 heavy (non-hydrogen) atoms. The Morgan fingerprint density at radius 1 is 1.18 bits per heavy atom. The fourth-order valence-electron chi connectivity index (χ4n) is 2.99. The van der Waals surface area contributed by atoms with Crippen LogP contribution in [0.15, 0.2) is 42.5 Å². The third-order valence-electron chi connectivity index (χ3n) is 4.44. The molecular weight excluding hydrogens is 416 g/mol. The number of nitrogens with one attached hydrogen (secondary N) is 1. The maximum absolute atomic E-state index is 12.9. The number of hydrogen-bond donors (Lipinski definition) is 1. The van der Waals surface area contributed by atoms with Crippen LogP contribution in [0.2, 0.25) is 10.0 Å². The lowest BCUT2D eigenvalue weighted by atomic mass is 10.1. The zero-order chi connectivity index (χ0) is 20.5. The second kappa shape index (κ2) is 8.01. The van der Waals surface area contributed by atoms with Crippen molar-refractivity contribution < 1.29 is 22.8 Å². The second-order valence-electron chi connectivity index (χ2n) is 6.41. The van der Waals surface area contributed by atoms with E-state index in [2.05, 4.69) is 5.32 Å². The summed E-state index contributed by atoms with van der Waals surface area (Å²) in [6, 6.07) is 9.35. The van der Waals surface area contributed by atoms with Crippen LogP contribution in [0.5, 0.6) is 0 Å². The molecule has 0 bridgehead atoms. The van der Waals surface area contributed by atoms with Crippen molar-refractivity contribution in [2.75, 3.05) is 11.4 Å². The van der Waals surface area contributed by atoms with Gasteiger partial charge in [0.2, 0.25) is 11.8 Å². The first-order valence-electron chi connectivity index (χ1n) is 8.34. The highest BCUT2D eigenvalue weighted by molar-refractivity contribution is 6.33. The van der Waals surface area contributed by atoms with E-state index in [0.29, 0.717) is 15.6 Å². The van der Waals surface area contributed by atoms with Crippen molar-refractivity contribution in [3.63, 3.8) is 0 Å². The average molecular weight is 431 g/mol. The lowest BCUT2D eigenvalue weighted by molar-refractivity contribution is -0.137. The lowest BCUT2D eigenvalue weighted by Gasteiger charge is -2.18. The Bertz CT molecular complexity index is 918. The zero-order valence-corrected chi connectivity index (χ0v) is 15.9. The van der Waals surface area contributed by atoms with Crippen molar-refractivity contribution >= 4 is 40.7 Å². The summed E-state index contributed by atoms with van der Waals surface area (Å²) in [6.07, 6.45) is -4.59. The molecule has 1 heterocycles. The summed E-state index contributed by atoms with van der Waals surface area (Å²) in [6.45, 7) is 0.141. The third kappa shape index (κ3) is 4.59. The van der Waals surface area contributed by atoms with E-state index in [-0.39, 0.29) is 31.1 Å². The SMILES string of the molecule is O=C(NCc1cc(Cl)ccc1Cl)C1CC(=O)N(c2cccc(C(F)(F)F)c2)C1. The molecule has 0 saturated carbocycles. The van der Waals surface area contributed by atoms with E-state index in [0.717, 1.165) is 12.1 Å². The van der Waals surface area contributed by atoms with Crippen LogP contribution < -0.4 is 10.2 Å². The second-order valence-corrected chi connectivity index (χ2v) is 7.25. The van der Waals surface area contributed by atoms with Crippen molar-refractivity contribution in [3.05, 3.63) is 63.6 Å². The Morgan fingerprint density at radius 2 is 1.93 bits per heavy atom. The van der Waals surface area contributed by atoms with Gasteiger partial charge < -0.3 is 10.2 Å². The Balaban J connectivity index is 1.67. The Labute approximate surface area is 169 Å². The first kappa shape index (κ1) is 20.5. The average Bonchev–Trinajstić information content (AvgIpc) is 3.03. The molecule has 0 radical (unpaired) electrons. The molecular formula is C19H15Cl2F3N2O2. The van der Waals surface area contributed by atoms with Crippen LogP contribution in [-0.4, -0.2) is 18.4 Å². The van der Waals surface area contributed by atoms with Gasteiger partial charge in [0.25, 0.3) is 0 Å². The number of halogens is 5. The van der Waals surface area contributed by atoms with Gasteiger partial charge in [-0.15, -0.1) is 0 Å². The van der Waals surface area contributed by atoms with Gasteiger partial charge in [0.05, 0.1) is 11.5 Å². The van der Waals surface area contributed by atoms with Gasteiger partial charge in [-0.3, -0.25) is 9.59 Å². The smallest absolute Gasteiger partial charge is 0.352 e. The van der Waals surface area contributed by atoms with E-state index in [1.807, 2.05) is 0 Å². The number of rotatable bonds is 4. The van der Waals surface area contributed by atoms with Gasteiger partial charge >= 0.3 is 6.18 Å². The molecule has 1 N–H and O–H groups in total. The summed E-state index contributed by atoms with van der Waals surface area (Å²) < 4.78 is 38.7. The molecule has 2 aromatic carbocycles. The molecule has 1 saturated heterocycles. The number of benzene rings is 2. The largest absolute Gasteiger partial charge is 0.416 e. The number of carbonyl (C=O) groups excluding carboxylic acids is 2. The fourth-order valence-corrected chi connectivity index (χ4v) is 3.37. The zero-order valence-electron chi connectivity index (χ0n) is 14.4. The molecule has 0 spiro atoms. The number of nitrogens with zero attached hydrogens (tertiary/aromatic N) is 1. The van der Waals surface area contributed by atoms with Crippen LogP contribution in [0.25, 0.3) is 0 Å². The number of alkyl halides is 3. The molecule has 1 aliphatic rings. The van der Waals surface area contributed by atoms with Crippen molar-refractivity contribution in [2.24, 2.45) is 5.92 Å². The number of carbonyl (C=O) groups is 2. The van der Waals surface area contributed by atoms with Crippen molar-refractivity contribution in [3.8, 4) is 0 Å². The molecule has 2 aromatic rings. The Hall–Kier alpha value is -2.25. The molecule has 0 aliphatic carbocycles. The van der Waals surface area contributed by atoms with Crippen LogP contribution in [0, 0.1) is 5.92 Å². The predicted molar refractivity (Wildman–Crippen MR) is 100 cm³/mol. The third-order valence-corrected chi connectivity index (χ3v) is 5.05. The summed E-state index contributed by atoms with van der Waals surface area (Å²) in [4.78, 5) is 25.9. The summed E-state index contributed by atoms with van der Waals surface area (Å²) in [5, 5.41) is 3.61. The Kier molecular flexibility index (Phi) is 5.86. The van der Waals surface area contributed by atoms with Gasteiger partial charge in [0.15, 0.2) is 0 Å². The van der Waals surface area contributed by atoms with Crippen LogP contribution in [0.1, 0.15) is 17.5 Å². The normalized spacial score (nSPS) is 17.1. The highest BCUT2D eigenvalue weighted by Gasteiger charge is 2.36. The van der Waals surface area contributed by atoms with Gasteiger partial charge in [-0.25, -0.2) is 0 Å². The predicted octanol–water partition coefficient (Wildman–Crippen LogP) is 4.68. The number of amides is 2. The van der Waals surface area contributed by atoms with E-state index in [1.54, 1.807) is 18.2 Å². The molecule has 1 unspecified atom stereocenters. The van der Waals surface area contributed by atoms with E-state index >= 15 is 0 Å². The summed E-state index contributed by atoms with van der Waals surface area (Å²) >= 11 is 12.0. The highest BCUT2D eigenvalue weighted by atomic mass is 35.5. The molecule has 3 rings (SSSR count). The van der Waals surface area contributed by atoms with E-state index < -0.39 is 23.6 Å². The van der Waals surface area contributed by atoms with E-state index in [9.17, 15) is 22.8 Å². The first-order valence-corrected chi connectivity index (χ1v) is 9.10. The monoisotopic (exact) mass is 430 g/mol. The quantitative estimate of drug-likeness (QED) is 0.765. The van der Waals surface area contributed by atoms with Gasteiger partial charge in [-0.1, -0.05) is 29.3 Å². The van der Waals surface area contributed by atoms with Gasteiger partial charge in [-0.05, 0) is 42.0 Å². The standard InChI is InChI=1S/C19H15Cl2F3N2O2/c20-14-4-5-16(21)11(6-14)9-25-18(28)12-7-17(27)26(10-12)15-3-1-2-13(8-15)19(22,23)24/h1-6,8,12H,7,9-10H2,(H,25,28). The van der Waals surface area contributed by atoms with Crippen LogP contribution in [0.3, 0.4) is 0 Å². The highest BCUT2D eigenvalue weighted by Crippen LogP contribution is 2.33. The number of hydrogen-bond acceptors (Lipinski definition) is 2. The Morgan fingerprint density at radius 3 is 2.64 bits per heavy atom. The van der Waals surface area contributed by atoms with Crippen LogP contribution >= 0.6 is 23.2 Å². The summed E-state index contributed by atoms with van der Waals surface area (Å²) in [5.41, 5.74) is -0.101. The lowest BCUT2D eigenvalue weighted by Crippen LogP contribution is -2.32. The van der Waals surface area contributed by atoms with Crippen molar-refractivity contribution in [1.82, 2.24) is 5.32 Å². The number of anilines is 1.